The van der Waals surface area contributed by atoms with Gasteiger partial charge in [-0.05, 0) is 19.3 Å². The molecule has 0 amide bonds. The highest BCUT2D eigenvalue weighted by atomic mass is 32.1. The van der Waals surface area contributed by atoms with E-state index in [1.54, 1.807) is 0 Å². The van der Waals surface area contributed by atoms with Crippen LogP contribution in [0.2, 0.25) is 0 Å². The molecule has 4 heteroatoms. The number of hydrogen-bond acceptors (Lipinski definition) is 3. The van der Waals surface area contributed by atoms with Crippen molar-refractivity contribution in [3.63, 3.8) is 0 Å². The Morgan fingerprint density at radius 3 is 2.62 bits per heavy atom. The summed E-state index contributed by atoms with van der Waals surface area (Å²) in [5, 5.41) is 9.76. The van der Waals surface area contributed by atoms with Crippen LogP contribution in [0.1, 0.15) is 40.6 Å². The normalized spacial score (nSPS) is 10.3. The van der Waals surface area contributed by atoms with Crippen LogP contribution in [0.4, 0.5) is 0 Å². The lowest BCUT2D eigenvalue weighted by Crippen LogP contribution is -2.00. The van der Waals surface area contributed by atoms with Crippen LogP contribution in [-0.4, -0.2) is 16.1 Å². The van der Waals surface area contributed by atoms with E-state index < -0.39 is 5.97 Å². The summed E-state index contributed by atoms with van der Waals surface area (Å²) in [6.07, 6.45) is 2.64. The van der Waals surface area contributed by atoms with Gasteiger partial charge in [-0.1, -0.05) is 13.8 Å². The van der Waals surface area contributed by atoms with Crippen molar-refractivity contribution in [1.29, 1.82) is 0 Å². The predicted octanol–water partition coefficient (Wildman–Crippen LogP) is 2.36. The second kappa shape index (κ2) is 4.37. The van der Waals surface area contributed by atoms with Crippen molar-refractivity contribution in [1.82, 2.24) is 4.98 Å². The fraction of sp³-hybridized carbons (Fsp3) is 0.556. The Labute approximate surface area is 81.4 Å². The van der Waals surface area contributed by atoms with E-state index in [0.717, 1.165) is 29.1 Å². The molecule has 0 aliphatic rings. The monoisotopic (exact) mass is 199 g/mol. The number of aromatic nitrogens is 1. The fourth-order valence-electron chi connectivity index (χ4n) is 1.13. The van der Waals surface area contributed by atoms with Crippen molar-refractivity contribution in [3.05, 3.63) is 15.6 Å². The summed E-state index contributed by atoms with van der Waals surface area (Å²) < 4.78 is 0. The second-order valence-corrected chi connectivity index (χ2v) is 3.96. The van der Waals surface area contributed by atoms with E-state index in [9.17, 15) is 4.79 Å². The van der Waals surface area contributed by atoms with Gasteiger partial charge in [0.2, 0.25) is 0 Å². The first-order valence-electron chi connectivity index (χ1n) is 4.40. The van der Waals surface area contributed by atoms with E-state index in [4.69, 9.17) is 5.11 Å². The zero-order valence-corrected chi connectivity index (χ0v) is 8.65. The predicted molar refractivity (Wildman–Crippen MR) is 52.4 cm³/mol. The van der Waals surface area contributed by atoms with E-state index in [0.29, 0.717) is 0 Å². The minimum atomic E-state index is -0.907. The molecule has 3 nitrogen and oxygen atoms in total. The van der Waals surface area contributed by atoms with Crippen molar-refractivity contribution in [2.45, 2.75) is 33.1 Å². The Bertz CT molecular complexity index is 307. The molecule has 0 spiro atoms. The van der Waals surface area contributed by atoms with Gasteiger partial charge in [0.15, 0.2) is 5.69 Å². The number of thiazole rings is 1. The zero-order valence-electron chi connectivity index (χ0n) is 7.83. The topological polar surface area (TPSA) is 50.2 Å². The molecule has 0 fully saturated rings. The van der Waals surface area contributed by atoms with E-state index in [1.807, 2.05) is 6.92 Å². The number of aromatic carboxylic acids is 1. The number of nitrogens with zero attached hydrogens (tertiary/aromatic N) is 1. The maximum atomic E-state index is 10.7. The molecule has 1 aromatic rings. The lowest BCUT2D eigenvalue weighted by molar-refractivity contribution is 0.0690. The number of hydrogen-bond donors (Lipinski definition) is 1. The van der Waals surface area contributed by atoms with E-state index in [-0.39, 0.29) is 5.69 Å². The Kier molecular flexibility index (Phi) is 3.42. The van der Waals surface area contributed by atoms with Crippen molar-refractivity contribution >= 4 is 17.3 Å². The van der Waals surface area contributed by atoms with Gasteiger partial charge < -0.3 is 5.11 Å². The van der Waals surface area contributed by atoms with Crippen LogP contribution in [0, 0.1) is 0 Å². The van der Waals surface area contributed by atoms with Crippen LogP contribution >= 0.6 is 11.3 Å². The molecule has 0 unspecified atom stereocenters. The number of carboxylic acids is 1. The molecule has 13 heavy (non-hydrogen) atoms. The largest absolute Gasteiger partial charge is 0.476 e. The second-order valence-electron chi connectivity index (χ2n) is 2.79. The van der Waals surface area contributed by atoms with Crippen LogP contribution in [0.15, 0.2) is 0 Å². The number of carboxylic acid groups (broad SMARTS) is 1. The zero-order chi connectivity index (χ0) is 9.84. The van der Waals surface area contributed by atoms with Gasteiger partial charge in [0, 0.05) is 4.88 Å². The molecule has 0 bridgehead atoms. The summed E-state index contributed by atoms with van der Waals surface area (Å²) in [5.41, 5.74) is 0.246. The molecule has 0 radical (unpaired) electrons. The van der Waals surface area contributed by atoms with Gasteiger partial charge >= 0.3 is 5.97 Å². The minimum absolute atomic E-state index is 0.246. The molecule has 72 valence electrons. The van der Waals surface area contributed by atoms with Crippen LogP contribution in [0.5, 0.6) is 0 Å². The molecule has 0 atom stereocenters. The number of rotatable bonds is 4. The highest BCUT2D eigenvalue weighted by Crippen LogP contribution is 2.20. The third-order valence-electron chi connectivity index (χ3n) is 1.73. The van der Waals surface area contributed by atoms with Crippen LogP contribution in [0.3, 0.4) is 0 Å². The molecule has 1 aromatic heterocycles. The third kappa shape index (κ3) is 2.28. The molecule has 1 N–H and O–H groups in total. The van der Waals surface area contributed by atoms with Crippen molar-refractivity contribution in [3.8, 4) is 0 Å². The highest BCUT2D eigenvalue weighted by molar-refractivity contribution is 7.11. The maximum Gasteiger partial charge on any atom is 0.355 e. The van der Waals surface area contributed by atoms with Gasteiger partial charge in [-0.25, -0.2) is 9.78 Å². The summed E-state index contributed by atoms with van der Waals surface area (Å²) >= 11 is 1.52. The minimum Gasteiger partial charge on any atom is -0.476 e. The van der Waals surface area contributed by atoms with Gasteiger partial charge in [-0.15, -0.1) is 11.3 Å². The number of aryl methyl sites for hydroxylation is 2. The third-order valence-corrected chi connectivity index (χ3v) is 2.99. The average Bonchev–Trinajstić information content (AvgIpc) is 2.48. The fourth-order valence-corrected chi connectivity index (χ4v) is 2.23. The van der Waals surface area contributed by atoms with Crippen LogP contribution in [-0.2, 0) is 12.8 Å². The van der Waals surface area contributed by atoms with Gasteiger partial charge in [0.25, 0.3) is 0 Å². The first-order chi connectivity index (χ1) is 6.19. The SMILES string of the molecule is CCCc1nc(C(=O)O)c(CC)s1. The Balaban J connectivity index is 2.97. The molecule has 0 aliphatic heterocycles. The molecule has 1 heterocycles. The van der Waals surface area contributed by atoms with Crippen molar-refractivity contribution in [2.24, 2.45) is 0 Å². The van der Waals surface area contributed by atoms with E-state index in [1.165, 1.54) is 11.3 Å². The van der Waals surface area contributed by atoms with Crippen LogP contribution in [0.25, 0.3) is 0 Å². The van der Waals surface area contributed by atoms with Gasteiger partial charge in [0.1, 0.15) is 0 Å². The van der Waals surface area contributed by atoms with Crippen molar-refractivity contribution < 1.29 is 9.90 Å². The lowest BCUT2D eigenvalue weighted by Gasteiger charge is -1.89. The van der Waals surface area contributed by atoms with Crippen LogP contribution < -0.4 is 0 Å². The van der Waals surface area contributed by atoms with E-state index >= 15 is 0 Å². The smallest absolute Gasteiger partial charge is 0.355 e. The summed E-state index contributed by atoms with van der Waals surface area (Å²) in [5.74, 6) is -0.907. The summed E-state index contributed by atoms with van der Waals surface area (Å²) in [6.45, 7) is 4.02. The summed E-state index contributed by atoms with van der Waals surface area (Å²) in [4.78, 5) is 15.7. The quantitative estimate of drug-likeness (QED) is 0.809. The summed E-state index contributed by atoms with van der Waals surface area (Å²) in [6, 6.07) is 0. The first-order valence-corrected chi connectivity index (χ1v) is 5.22. The standard InChI is InChI=1S/C9H13NO2S/c1-3-5-7-10-8(9(11)12)6(4-2)13-7/h3-5H2,1-2H3,(H,11,12). The Morgan fingerprint density at radius 2 is 2.23 bits per heavy atom. The average molecular weight is 199 g/mol. The molecule has 1 rings (SSSR count). The molecule has 0 saturated carbocycles. The molecular formula is C9H13NO2S. The van der Waals surface area contributed by atoms with Gasteiger partial charge in [-0.3, -0.25) is 0 Å². The summed E-state index contributed by atoms with van der Waals surface area (Å²) in [7, 11) is 0. The first kappa shape index (κ1) is 10.2. The number of carbonyl (C=O) groups is 1. The molecule has 0 saturated heterocycles. The van der Waals surface area contributed by atoms with Crippen molar-refractivity contribution in [2.75, 3.05) is 0 Å². The van der Waals surface area contributed by atoms with Gasteiger partial charge in [0.05, 0.1) is 5.01 Å². The lowest BCUT2D eigenvalue weighted by atomic mass is 10.3. The van der Waals surface area contributed by atoms with E-state index in [2.05, 4.69) is 11.9 Å². The Hall–Kier alpha value is -0.900. The molecule has 0 aliphatic carbocycles. The highest BCUT2D eigenvalue weighted by Gasteiger charge is 2.14. The molecular weight excluding hydrogens is 186 g/mol. The molecule has 0 aromatic carbocycles. The van der Waals surface area contributed by atoms with Gasteiger partial charge in [-0.2, -0.15) is 0 Å². The maximum absolute atomic E-state index is 10.7. The Morgan fingerprint density at radius 1 is 1.54 bits per heavy atom.